The molecule has 0 saturated heterocycles. The van der Waals surface area contributed by atoms with E-state index in [1.807, 2.05) is 20.8 Å². The van der Waals surface area contributed by atoms with Gasteiger partial charge in [-0.15, -0.1) is 0 Å². The van der Waals surface area contributed by atoms with E-state index in [2.05, 4.69) is 5.32 Å². The fraction of sp³-hybridized carbons (Fsp3) is 0.571. The molecule has 0 amide bonds. The van der Waals surface area contributed by atoms with Crippen molar-refractivity contribution in [3.8, 4) is 0 Å². The van der Waals surface area contributed by atoms with Gasteiger partial charge in [-0.3, -0.25) is 0 Å². The molecule has 1 N–H and O–H groups in total. The predicted molar refractivity (Wildman–Crippen MR) is 68.5 cm³/mol. The van der Waals surface area contributed by atoms with Gasteiger partial charge in [0.15, 0.2) is 11.6 Å². The van der Waals surface area contributed by atoms with Gasteiger partial charge in [-0.1, -0.05) is 6.07 Å². The van der Waals surface area contributed by atoms with Crippen LogP contribution in [0.15, 0.2) is 18.2 Å². The van der Waals surface area contributed by atoms with E-state index in [1.165, 1.54) is 6.07 Å². The lowest BCUT2D eigenvalue weighted by molar-refractivity contribution is 0.0768. The first-order valence-corrected chi connectivity index (χ1v) is 6.30. The maximum absolute atomic E-state index is 13.0. The maximum atomic E-state index is 13.0. The molecule has 0 heterocycles. The Hall–Kier alpha value is -1.00. The molecule has 102 valence electrons. The van der Waals surface area contributed by atoms with Crippen molar-refractivity contribution in [1.82, 2.24) is 5.32 Å². The quantitative estimate of drug-likeness (QED) is 0.756. The summed E-state index contributed by atoms with van der Waals surface area (Å²) in [5.41, 5.74) is 0.749. The molecule has 2 nitrogen and oxygen atoms in total. The molecule has 1 atom stereocenters. The van der Waals surface area contributed by atoms with E-state index in [-0.39, 0.29) is 12.1 Å². The van der Waals surface area contributed by atoms with Crippen molar-refractivity contribution in [1.29, 1.82) is 0 Å². The summed E-state index contributed by atoms with van der Waals surface area (Å²) in [6.45, 7) is 7.41. The summed E-state index contributed by atoms with van der Waals surface area (Å²) in [7, 11) is 0. The number of halogens is 2. The zero-order chi connectivity index (χ0) is 13.5. The molecule has 0 aliphatic heterocycles. The standard InChI is InChI=1S/C14H21F2NO/c1-10(2)18-8-4-7-17-11(3)12-5-6-13(15)14(16)9-12/h5-6,9-11,17H,4,7-8H2,1-3H3. The summed E-state index contributed by atoms with van der Waals surface area (Å²) in [4.78, 5) is 0. The van der Waals surface area contributed by atoms with Gasteiger partial charge in [0.25, 0.3) is 0 Å². The van der Waals surface area contributed by atoms with E-state index >= 15 is 0 Å². The molecule has 0 bridgehead atoms. The van der Waals surface area contributed by atoms with Crippen molar-refractivity contribution >= 4 is 0 Å². The van der Waals surface area contributed by atoms with Crippen LogP contribution in [0.5, 0.6) is 0 Å². The maximum Gasteiger partial charge on any atom is 0.159 e. The van der Waals surface area contributed by atoms with Gasteiger partial charge < -0.3 is 10.1 Å². The molecule has 0 fully saturated rings. The van der Waals surface area contributed by atoms with E-state index in [4.69, 9.17) is 4.74 Å². The van der Waals surface area contributed by atoms with Gasteiger partial charge in [0.2, 0.25) is 0 Å². The molecule has 0 aliphatic carbocycles. The Bertz CT molecular complexity index is 369. The Labute approximate surface area is 107 Å². The number of benzene rings is 1. The number of rotatable bonds is 7. The minimum atomic E-state index is -0.809. The van der Waals surface area contributed by atoms with Crippen molar-refractivity contribution in [3.05, 3.63) is 35.4 Å². The van der Waals surface area contributed by atoms with Crippen LogP contribution in [0.2, 0.25) is 0 Å². The first-order chi connectivity index (χ1) is 8.50. The number of hydrogen-bond acceptors (Lipinski definition) is 2. The highest BCUT2D eigenvalue weighted by Gasteiger charge is 2.08. The second kappa shape index (κ2) is 7.44. The van der Waals surface area contributed by atoms with Gasteiger partial charge in [0, 0.05) is 12.6 Å². The van der Waals surface area contributed by atoms with Crippen LogP contribution in [0, 0.1) is 11.6 Å². The summed E-state index contributed by atoms with van der Waals surface area (Å²) >= 11 is 0. The Morgan fingerprint density at radius 1 is 1.17 bits per heavy atom. The molecular weight excluding hydrogens is 236 g/mol. The van der Waals surface area contributed by atoms with Gasteiger partial charge in [0.1, 0.15) is 0 Å². The van der Waals surface area contributed by atoms with Crippen molar-refractivity contribution in [2.75, 3.05) is 13.2 Å². The minimum Gasteiger partial charge on any atom is -0.379 e. The van der Waals surface area contributed by atoms with Crippen molar-refractivity contribution in [2.24, 2.45) is 0 Å². The van der Waals surface area contributed by atoms with Crippen LogP contribution in [0.3, 0.4) is 0 Å². The highest BCUT2D eigenvalue weighted by molar-refractivity contribution is 5.20. The Morgan fingerprint density at radius 2 is 1.89 bits per heavy atom. The molecule has 1 aromatic rings. The van der Waals surface area contributed by atoms with Crippen molar-refractivity contribution in [2.45, 2.75) is 39.3 Å². The lowest BCUT2D eigenvalue weighted by Gasteiger charge is -2.15. The van der Waals surface area contributed by atoms with Crippen LogP contribution >= 0.6 is 0 Å². The Kier molecular flexibility index (Phi) is 6.22. The summed E-state index contributed by atoms with van der Waals surface area (Å²) in [6, 6.07) is 3.99. The number of ether oxygens (including phenoxy) is 1. The summed E-state index contributed by atoms with van der Waals surface area (Å²) in [6.07, 6.45) is 1.14. The Balaban J connectivity index is 2.31. The number of nitrogens with one attached hydrogen (secondary N) is 1. The van der Waals surface area contributed by atoms with Gasteiger partial charge in [-0.2, -0.15) is 0 Å². The fourth-order valence-corrected chi connectivity index (χ4v) is 1.61. The Morgan fingerprint density at radius 3 is 2.50 bits per heavy atom. The van der Waals surface area contributed by atoms with E-state index in [0.29, 0.717) is 6.61 Å². The van der Waals surface area contributed by atoms with Crippen molar-refractivity contribution in [3.63, 3.8) is 0 Å². The third-order valence-corrected chi connectivity index (χ3v) is 2.67. The second-order valence-electron chi connectivity index (χ2n) is 4.62. The van der Waals surface area contributed by atoms with Crippen LogP contribution < -0.4 is 5.32 Å². The second-order valence-corrected chi connectivity index (χ2v) is 4.62. The first kappa shape index (κ1) is 15.1. The molecule has 1 rings (SSSR count). The van der Waals surface area contributed by atoms with Crippen molar-refractivity contribution < 1.29 is 13.5 Å². The molecular formula is C14H21F2NO. The summed E-state index contributed by atoms with van der Waals surface area (Å²) < 4.78 is 31.2. The fourth-order valence-electron chi connectivity index (χ4n) is 1.61. The van der Waals surface area contributed by atoms with Crippen LogP contribution in [-0.4, -0.2) is 19.3 Å². The average molecular weight is 257 g/mol. The zero-order valence-electron chi connectivity index (χ0n) is 11.2. The van der Waals surface area contributed by atoms with Gasteiger partial charge in [0.05, 0.1) is 6.10 Å². The molecule has 0 radical (unpaired) electrons. The third-order valence-electron chi connectivity index (χ3n) is 2.67. The van der Waals surface area contributed by atoms with Crippen LogP contribution in [0.25, 0.3) is 0 Å². The van der Waals surface area contributed by atoms with E-state index < -0.39 is 11.6 Å². The molecule has 1 aromatic carbocycles. The highest BCUT2D eigenvalue weighted by atomic mass is 19.2. The zero-order valence-corrected chi connectivity index (χ0v) is 11.2. The molecule has 0 saturated carbocycles. The normalized spacial score (nSPS) is 13.0. The SMILES string of the molecule is CC(C)OCCCNC(C)c1ccc(F)c(F)c1. The predicted octanol–water partition coefficient (Wildman–Crippen LogP) is 3.43. The lowest BCUT2D eigenvalue weighted by atomic mass is 10.1. The van der Waals surface area contributed by atoms with Crippen LogP contribution in [0.1, 0.15) is 38.8 Å². The van der Waals surface area contributed by atoms with Gasteiger partial charge in [-0.25, -0.2) is 8.78 Å². The lowest BCUT2D eigenvalue weighted by Crippen LogP contribution is -2.21. The smallest absolute Gasteiger partial charge is 0.159 e. The minimum absolute atomic E-state index is 0.000787. The molecule has 0 aliphatic rings. The van der Waals surface area contributed by atoms with Crippen LogP contribution in [0.4, 0.5) is 8.78 Å². The van der Waals surface area contributed by atoms with E-state index in [1.54, 1.807) is 6.07 Å². The number of hydrogen-bond donors (Lipinski definition) is 1. The first-order valence-electron chi connectivity index (χ1n) is 6.30. The third kappa shape index (κ3) is 5.10. The van der Waals surface area contributed by atoms with Crippen LogP contribution in [-0.2, 0) is 4.74 Å². The van der Waals surface area contributed by atoms with E-state index in [9.17, 15) is 8.78 Å². The summed E-state index contributed by atoms with van der Waals surface area (Å²) in [5.74, 6) is -1.61. The van der Waals surface area contributed by atoms with Gasteiger partial charge >= 0.3 is 0 Å². The molecule has 4 heteroatoms. The largest absolute Gasteiger partial charge is 0.379 e. The monoisotopic (exact) mass is 257 g/mol. The molecule has 1 unspecified atom stereocenters. The molecule has 18 heavy (non-hydrogen) atoms. The summed E-state index contributed by atoms with van der Waals surface area (Å²) in [5, 5.41) is 3.25. The molecule has 0 aromatic heterocycles. The average Bonchev–Trinajstić information content (AvgIpc) is 2.31. The van der Waals surface area contributed by atoms with Gasteiger partial charge in [-0.05, 0) is 51.4 Å². The topological polar surface area (TPSA) is 21.3 Å². The highest BCUT2D eigenvalue weighted by Crippen LogP contribution is 2.15. The molecule has 0 spiro atoms. The van der Waals surface area contributed by atoms with E-state index in [0.717, 1.165) is 24.6 Å².